The van der Waals surface area contributed by atoms with Gasteiger partial charge in [-0.15, -0.1) is 0 Å². The minimum Gasteiger partial charge on any atom is -0.280 e. The Bertz CT molecular complexity index is 1060. The zero-order chi connectivity index (χ0) is 21.1. The molecule has 0 aromatic heterocycles. The first kappa shape index (κ1) is 21.6. The van der Waals surface area contributed by atoms with Crippen molar-refractivity contribution in [1.29, 1.82) is 0 Å². The molecule has 2 aromatic rings. The lowest BCUT2D eigenvalue weighted by Gasteiger charge is -2.31. The van der Waals surface area contributed by atoms with E-state index in [2.05, 4.69) is 11.6 Å². The normalized spacial score (nSPS) is 14.5. The topological polar surface area (TPSA) is 83.6 Å². The average Bonchev–Trinajstić information content (AvgIpc) is 2.68. The molecule has 0 atom stereocenters. The maximum Gasteiger partial charge on any atom is 0.261 e. The van der Waals surface area contributed by atoms with Gasteiger partial charge in [0.1, 0.15) is 0 Å². The molecular formula is C21H28N2O4S2. The van der Waals surface area contributed by atoms with Gasteiger partial charge in [-0.2, -0.15) is 0 Å². The molecule has 0 aliphatic carbocycles. The highest BCUT2D eigenvalue weighted by atomic mass is 32.2. The highest BCUT2D eigenvalue weighted by Gasteiger charge is 2.27. The standard InChI is InChI=1S/C21H28N2O4S2/c1-3-6-17-8-12-20(13-9-17)29(26,27)22-19-11-10-18-7-5-14-23(21(18)16-19)28(24,25)15-4-2/h8-13,16,22H,3-7,14-15H2,1-2H3. The first-order chi connectivity index (χ1) is 13.8. The van der Waals surface area contributed by atoms with Gasteiger partial charge in [-0.05, 0) is 61.1 Å². The van der Waals surface area contributed by atoms with Gasteiger partial charge >= 0.3 is 0 Å². The number of nitrogens with zero attached hydrogens (tertiary/aromatic N) is 1. The fraction of sp³-hybridized carbons (Fsp3) is 0.429. The average molecular weight is 437 g/mol. The number of benzene rings is 2. The fourth-order valence-electron chi connectivity index (χ4n) is 3.60. The van der Waals surface area contributed by atoms with E-state index in [1.807, 2.05) is 25.1 Å². The van der Waals surface area contributed by atoms with Gasteiger partial charge in [0.25, 0.3) is 10.0 Å². The second-order valence-corrected chi connectivity index (χ2v) is 11.0. The summed E-state index contributed by atoms with van der Waals surface area (Å²) in [4.78, 5) is 0.186. The molecule has 158 valence electrons. The molecule has 1 aliphatic rings. The number of nitrogens with one attached hydrogen (secondary N) is 1. The molecule has 0 bridgehead atoms. The Hall–Kier alpha value is -2.06. The third-order valence-electron chi connectivity index (χ3n) is 4.98. The van der Waals surface area contributed by atoms with Gasteiger partial charge in [0.05, 0.1) is 22.0 Å². The molecule has 29 heavy (non-hydrogen) atoms. The Morgan fingerprint density at radius 3 is 2.34 bits per heavy atom. The van der Waals surface area contributed by atoms with E-state index in [1.54, 1.807) is 24.3 Å². The summed E-state index contributed by atoms with van der Waals surface area (Å²) in [6.07, 6.45) is 3.97. The molecule has 2 aromatic carbocycles. The van der Waals surface area contributed by atoms with Crippen LogP contribution in [-0.2, 0) is 32.9 Å². The van der Waals surface area contributed by atoms with E-state index >= 15 is 0 Å². The third kappa shape index (κ3) is 4.93. The van der Waals surface area contributed by atoms with Gasteiger partial charge in [0, 0.05) is 6.54 Å². The van der Waals surface area contributed by atoms with Crippen LogP contribution in [0.5, 0.6) is 0 Å². The lowest BCUT2D eigenvalue weighted by atomic mass is 10.0. The first-order valence-corrected chi connectivity index (χ1v) is 13.1. The van der Waals surface area contributed by atoms with Crippen molar-refractivity contribution in [2.75, 3.05) is 21.3 Å². The van der Waals surface area contributed by atoms with E-state index in [0.29, 0.717) is 24.3 Å². The third-order valence-corrected chi connectivity index (χ3v) is 8.36. The van der Waals surface area contributed by atoms with Crippen LogP contribution < -0.4 is 9.03 Å². The number of hydrogen-bond acceptors (Lipinski definition) is 4. The summed E-state index contributed by atoms with van der Waals surface area (Å²) in [5.74, 6) is 0.0759. The summed E-state index contributed by atoms with van der Waals surface area (Å²) in [7, 11) is -7.17. The van der Waals surface area contributed by atoms with Crippen molar-refractivity contribution in [2.24, 2.45) is 0 Å². The van der Waals surface area contributed by atoms with E-state index in [4.69, 9.17) is 0 Å². The van der Waals surface area contributed by atoms with Crippen LogP contribution in [0.3, 0.4) is 0 Å². The second-order valence-electron chi connectivity index (χ2n) is 7.33. The van der Waals surface area contributed by atoms with Crippen molar-refractivity contribution in [3.05, 3.63) is 53.6 Å². The summed E-state index contributed by atoms with van der Waals surface area (Å²) >= 11 is 0. The van der Waals surface area contributed by atoms with E-state index in [-0.39, 0.29) is 10.6 Å². The Labute approximate surface area is 174 Å². The molecule has 0 unspecified atom stereocenters. The van der Waals surface area contributed by atoms with Crippen LogP contribution in [0.1, 0.15) is 44.2 Å². The lowest BCUT2D eigenvalue weighted by molar-refractivity contribution is 0.585. The molecule has 0 saturated carbocycles. The van der Waals surface area contributed by atoms with Gasteiger partial charge in [0.2, 0.25) is 10.0 Å². The second kappa shape index (κ2) is 8.75. The first-order valence-electron chi connectivity index (χ1n) is 10.0. The molecule has 6 nitrogen and oxygen atoms in total. The van der Waals surface area contributed by atoms with Crippen LogP contribution in [0.15, 0.2) is 47.4 Å². The van der Waals surface area contributed by atoms with Gasteiger partial charge in [0.15, 0.2) is 0 Å². The van der Waals surface area contributed by atoms with Gasteiger partial charge < -0.3 is 0 Å². The summed E-state index contributed by atoms with van der Waals surface area (Å²) in [5.41, 5.74) is 2.95. The zero-order valence-corrected chi connectivity index (χ0v) is 18.5. The molecular weight excluding hydrogens is 408 g/mol. The van der Waals surface area contributed by atoms with Crippen molar-refractivity contribution in [1.82, 2.24) is 0 Å². The molecule has 0 radical (unpaired) electrons. The zero-order valence-electron chi connectivity index (χ0n) is 16.9. The van der Waals surface area contributed by atoms with Crippen LogP contribution in [-0.4, -0.2) is 29.1 Å². The van der Waals surface area contributed by atoms with Crippen molar-refractivity contribution < 1.29 is 16.8 Å². The lowest BCUT2D eigenvalue weighted by Crippen LogP contribution is -2.37. The van der Waals surface area contributed by atoms with Crippen LogP contribution in [0, 0.1) is 0 Å². The number of hydrogen-bond donors (Lipinski definition) is 1. The number of aryl methyl sites for hydroxylation is 2. The Balaban J connectivity index is 1.89. The summed E-state index contributed by atoms with van der Waals surface area (Å²) in [5, 5.41) is 0. The highest BCUT2D eigenvalue weighted by molar-refractivity contribution is 7.93. The molecule has 1 heterocycles. The van der Waals surface area contributed by atoms with Crippen molar-refractivity contribution in [3.8, 4) is 0 Å². The largest absolute Gasteiger partial charge is 0.280 e. The minimum atomic E-state index is -3.75. The smallest absolute Gasteiger partial charge is 0.261 e. The van der Waals surface area contributed by atoms with Gasteiger partial charge in [-0.1, -0.05) is 38.5 Å². The predicted octanol–water partition coefficient (Wildman–Crippen LogP) is 3.93. The van der Waals surface area contributed by atoms with Crippen LogP contribution >= 0.6 is 0 Å². The van der Waals surface area contributed by atoms with Crippen LogP contribution in [0.25, 0.3) is 0 Å². The summed E-state index contributed by atoms with van der Waals surface area (Å²) < 4.78 is 54.8. The van der Waals surface area contributed by atoms with Gasteiger partial charge in [-0.25, -0.2) is 16.8 Å². The highest BCUT2D eigenvalue weighted by Crippen LogP contribution is 2.33. The Morgan fingerprint density at radius 1 is 0.966 bits per heavy atom. The maximum absolute atomic E-state index is 12.8. The van der Waals surface area contributed by atoms with Gasteiger partial charge in [-0.3, -0.25) is 9.03 Å². The summed E-state index contributed by atoms with van der Waals surface area (Å²) in [6.45, 7) is 4.33. The molecule has 0 spiro atoms. The SMILES string of the molecule is CCCc1ccc(S(=O)(=O)Nc2ccc3c(c2)N(S(=O)(=O)CCC)CCC3)cc1. The van der Waals surface area contributed by atoms with Crippen LogP contribution in [0.4, 0.5) is 11.4 Å². The molecule has 0 fully saturated rings. The van der Waals surface area contributed by atoms with E-state index in [1.165, 1.54) is 4.31 Å². The minimum absolute atomic E-state index is 0.0759. The number of sulfonamides is 2. The Kier molecular flexibility index (Phi) is 6.53. The van der Waals surface area contributed by atoms with Crippen LogP contribution in [0.2, 0.25) is 0 Å². The number of fused-ring (bicyclic) bond motifs is 1. The summed E-state index contributed by atoms with van der Waals surface area (Å²) in [6, 6.07) is 12.0. The van der Waals surface area contributed by atoms with Crippen molar-refractivity contribution in [3.63, 3.8) is 0 Å². The van der Waals surface area contributed by atoms with E-state index in [9.17, 15) is 16.8 Å². The predicted molar refractivity (Wildman–Crippen MR) is 117 cm³/mol. The monoisotopic (exact) mass is 436 g/mol. The number of anilines is 2. The maximum atomic E-state index is 12.8. The van der Waals surface area contributed by atoms with Crippen molar-refractivity contribution in [2.45, 2.75) is 50.8 Å². The fourth-order valence-corrected chi connectivity index (χ4v) is 6.26. The molecule has 0 amide bonds. The molecule has 8 heteroatoms. The molecule has 1 aliphatic heterocycles. The molecule has 3 rings (SSSR count). The quantitative estimate of drug-likeness (QED) is 0.679. The van der Waals surface area contributed by atoms with E-state index in [0.717, 1.165) is 36.8 Å². The molecule has 1 N–H and O–H groups in total. The van der Waals surface area contributed by atoms with Crippen molar-refractivity contribution >= 4 is 31.4 Å². The number of rotatable bonds is 8. The van der Waals surface area contributed by atoms with E-state index < -0.39 is 20.0 Å². The Morgan fingerprint density at radius 2 is 1.69 bits per heavy atom. The molecule has 0 saturated heterocycles.